The lowest BCUT2D eigenvalue weighted by Gasteiger charge is -2.40. The molecule has 43 heavy (non-hydrogen) atoms. The zero-order valence-corrected chi connectivity index (χ0v) is 23.0. The Balaban J connectivity index is 1.51. The molecule has 9 rings (SSSR count). The molecule has 0 spiro atoms. The van der Waals surface area contributed by atoms with Gasteiger partial charge in [-0.2, -0.15) is 5.26 Å². The van der Waals surface area contributed by atoms with E-state index in [9.17, 15) is 5.26 Å². The van der Waals surface area contributed by atoms with Gasteiger partial charge in [0.2, 0.25) is 0 Å². The number of anilines is 3. The Morgan fingerprint density at radius 3 is 2.26 bits per heavy atom. The summed E-state index contributed by atoms with van der Waals surface area (Å²) in [5.41, 5.74) is 13.0. The van der Waals surface area contributed by atoms with Gasteiger partial charge in [-0.15, -0.1) is 0 Å². The first kappa shape index (κ1) is 23.6. The minimum absolute atomic E-state index is 0.0299. The molecule has 0 saturated carbocycles. The molecular formula is C38H21BN4. The van der Waals surface area contributed by atoms with Crippen molar-refractivity contribution >= 4 is 67.7 Å². The van der Waals surface area contributed by atoms with E-state index in [0.29, 0.717) is 16.8 Å². The van der Waals surface area contributed by atoms with E-state index in [4.69, 9.17) is 6.57 Å². The third-order valence-electron chi connectivity index (χ3n) is 9.02. The van der Waals surface area contributed by atoms with Crippen molar-refractivity contribution < 1.29 is 0 Å². The number of fused-ring (bicyclic) bond motifs is 7. The quantitative estimate of drug-likeness (QED) is 0.167. The Hall–Kier alpha value is -6.04. The maximum absolute atomic E-state index is 10.2. The van der Waals surface area contributed by atoms with Gasteiger partial charge in [0, 0.05) is 50.2 Å². The number of benzene rings is 6. The first-order chi connectivity index (χ1) is 21.3. The summed E-state index contributed by atoms with van der Waals surface area (Å²) in [6.07, 6.45) is 0. The van der Waals surface area contributed by atoms with Crippen molar-refractivity contribution in [1.29, 1.82) is 5.26 Å². The van der Waals surface area contributed by atoms with Gasteiger partial charge in [0.25, 0.3) is 6.71 Å². The number of nitriles is 1. The van der Waals surface area contributed by atoms with Crippen LogP contribution < -0.4 is 21.3 Å². The molecule has 0 unspecified atom stereocenters. The second-order valence-corrected chi connectivity index (χ2v) is 11.1. The lowest BCUT2D eigenvalue weighted by molar-refractivity contribution is 1.18. The van der Waals surface area contributed by atoms with E-state index in [1.165, 1.54) is 32.7 Å². The molecule has 3 heterocycles. The molecule has 0 atom stereocenters. The fraction of sp³-hybridized carbons (Fsp3) is 0. The van der Waals surface area contributed by atoms with E-state index in [2.05, 4.69) is 124 Å². The van der Waals surface area contributed by atoms with Crippen LogP contribution in [-0.2, 0) is 0 Å². The van der Waals surface area contributed by atoms with Gasteiger partial charge >= 0.3 is 0 Å². The van der Waals surface area contributed by atoms with E-state index in [0.717, 1.165) is 33.8 Å². The topological polar surface area (TPSA) is 36.3 Å². The Kier molecular flexibility index (Phi) is 4.80. The average Bonchev–Trinajstić information content (AvgIpc) is 3.41. The molecule has 0 bridgehead atoms. The van der Waals surface area contributed by atoms with Crippen molar-refractivity contribution in [2.45, 2.75) is 0 Å². The summed E-state index contributed by atoms with van der Waals surface area (Å²) in [6.45, 7) is 8.01. The van der Waals surface area contributed by atoms with Gasteiger partial charge < -0.3 is 9.47 Å². The Morgan fingerprint density at radius 2 is 1.40 bits per heavy atom. The van der Waals surface area contributed by atoms with Crippen LogP contribution in [0.3, 0.4) is 0 Å². The molecule has 2 aliphatic heterocycles. The van der Waals surface area contributed by atoms with E-state index >= 15 is 0 Å². The van der Waals surface area contributed by atoms with E-state index in [1.807, 2.05) is 6.07 Å². The molecule has 6 aromatic carbocycles. The van der Waals surface area contributed by atoms with Gasteiger partial charge in [0.15, 0.2) is 5.69 Å². The number of nitrogens with zero attached hydrogens (tertiary/aromatic N) is 4. The zero-order valence-electron chi connectivity index (χ0n) is 23.0. The lowest BCUT2D eigenvalue weighted by Crippen LogP contribution is -2.60. The summed E-state index contributed by atoms with van der Waals surface area (Å²) < 4.78 is 2.41. The molecule has 196 valence electrons. The maximum Gasteiger partial charge on any atom is 0.252 e. The van der Waals surface area contributed by atoms with Crippen LogP contribution in [-0.4, -0.2) is 11.3 Å². The summed E-state index contributed by atoms with van der Waals surface area (Å²) in [5, 5.41) is 12.6. The van der Waals surface area contributed by atoms with Crippen LogP contribution in [0.1, 0.15) is 5.56 Å². The van der Waals surface area contributed by atoms with Gasteiger partial charge in [0.1, 0.15) is 0 Å². The first-order valence-electron chi connectivity index (χ1n) is 14.3. The van der Waals surface area contributed by atoms with Crippen LogP contribution >= 0.6 is 0 Å². The Labute approximate surface area is 249 Å². The van der Waals surface area contributed by atoms with Gasteiger partial charge in [-0.25, -0.2) is 4.85 Å². The Morgan fingerprint density at radius 1 is 0.674 bits per heavy atom. The van der Waals surface area contributed by atoms with Crippen LogP contribution in [0.4, 0.5) is 22.7 Å². The molecule has 0 N–H and O–H groups in total. The molecule has 0 amide bonds. The normalized spacial score (nSPS) is 12.5. The number of rotatable bonds is 2. The molecule has 1 aromatic heterocycles. The maximum atomic E-state index is 10.2. The predicted molar refractivity (Wildman–Crippen MR) is 177 cm³/mol. The number of aromatic nitrogens is 1. The highest BCUT2D eigenvalue weighted by atomic mass is 15.2. The molecule has 0 saturated heterocycles. The third-order valence-corrected chi connectivity index (χ3v) is 9.02. The molecule has 0 fully saturated rings. The van der Waals surface area contributed by atoms with E-state index in [1.54, 1.807) is 18.2 Å². The summed E-state index contributed by atoms with van der Waals surface area (Å²) in [5.74, 6) is 0. The Bertz CT molecular complexity index is 2360. The third kappa shape index (κ3) is 3.09. The number of hydrogen-bond donors (Lipinski definition) is 0. The van der Waals surface area contributed by atoms with Crippen LogP contribution in [0.15, 0.2) is 127 Å². The second-order valence-electron chi connectivity index (χ2n) is 11.1. The SMILES string of the molecule is [C-]#[N+]c1cccc(C#N)c1-c1cc2c3c(c1)-n1c4ccccc4c4cccc(c41)B3c1ccccc1N2c1ccccc1. The molecule has 0 radical (unpaired) electrons. The van der Waals surface area contributed by atoms with Gasteiger partial charge in [-0.1, -0.05) is 84.9 Å². The van der Waals surface area contributed by atoms with Gasteiger partial charge in [-0.05, 0) is 64.4 Å². The van der Waals surface area contributed by atoms with Gasteiger partial charge in [-0.3, -0.25) is 0 Å². The van der Waals surface area contributed by atoms with Crippen molar-refractivity contribution in [2.75, 3.05) is 4.90 Å². The highest BCUT2D eigenvalue weighted by Gasteiger charge is 2.42. The largest absolute Gasteiger partial charge is 0.311 e. The molecule has 7 aromatic rings. The number of hydrogen-bond acceptors (Lipinski definition) is 2. The van der Waals surface area contributed by atoms with E-state index in [-0.39, 0.29) is 6.71 Å². The van der Waals surface area contributed by atoms with Crippen molar-refractivity contribution in [3.8, 4) is 22.9 Å². The summed E-state index contributed by atoms with van der Waals surface area (Å²) in [4.78, 5) is 6.20. The first-order valence-corrected chi connectivity index (χ1v) is 14.3. The average molecular weight is 544 g/mol. The van der Waals surface area contributed by atoms with Crippen molar-refractivity contribution in [3.05, 3.63) is 144 Å². The highest BCUT2D eigenvalue weighted by molar-refractivity contribution is 7.00. The molecule has 4 nitrogen and oxygen atoms in total. The van der Waals surface area contributed by atoms with Gasteiger partial charge in [0.05, 0.1) is 18.2 Å². The fourth-order valence-electron chi connectivity index (χ4n) is 7.39. The molecular weight excluding hydrogens is 523 g/mol. The molecule has 5 heteroatoms. The molecule has 0 aliphatic carbocycles. The smallest absolute Gasteiger partial charge is 0.252 e. The van der Waals surface area contributed by atoms with Crippen LogP contribution in [0, 0.1) is 17.9 Å². The minimum atomic E-state index is 0.0299. The summed E-state index contributed by atoms with van der Waals surface area (Å²) in [6, 6.07) is 46.6. The van der Waals surface area contributed by atoms with Crippen molar-refractivity contribution in [2.24, 2.45) is 0 Å². The van der Waals surface area contributed by atoms with Crippen LogP contribution in [0.2, 0.25) is 0 Å². The van der Waals surface area contributed by atoms with E-state index < -0.39 is 0 Å². The molecule has 2 aliphatic rings. The predicted octanol–water partition coefficient (Wildman–Crippen LogP) is 7.49. The fourth-order valence-corrected chi connectivity index (χ4v) is 7.39. The second kappa shape index (κ2) is 8.73. The van der Waals surface area contributed by atoms with Crippen molar-refractivity contribution in [1.82, 2.24) is 4.57 Å². The monoisotopic (exact) mass is 544 g/mol. The minimum Gasteiger partial charge on any atom is -0.311 e. The summed E-state index contributed by atoms with van der Waals surface area (Å²) in [7, 11) is 0. The standard InChI is InChI=1S/C38H21BN4/c1-41-31-18-9-11-24(23-40)36(31)25-21-34-37-35(22-25)43-32-19-7-5-14-27(32)28-15-10-17-30(38(28)43)39(37)29-16-6-8-20-33(29)42(34)26-12-3-2-4-13-26/h2-22H. The number of para-hydroxylation sites is 4. The van der Waals surface area contributed by atoms with Crippen molar-refractivity contribution in [3.63, 3.8) is 0 Å². The highest BCUT2D eigenvalue weighted by Crippen LogP contribution is 2.44. The zero-order chi connectivity index (χ0) is 28.7. The lowest BCUT2D eigenvalue weighted by atomic mass is 9.33. The van der Waals surface area contributed by atoms with Crippen LogP contribution in [0.25, 0.3) is 43.5 Å². The van der Waals surface area contributed by atoms with Crippen LogP contribution in [0.5, 0.6) is 0 Å². The summed E-state index contributed by atoms with van der Waals surface area (Å²) >= 11 is 0.